The van der Waals surface area contributed by atoms with E-state index in [9.17, 15) is 20.3 Å². The summed E-state index contributed by atoms with van der Waals surface area (Å²) in [6.45, 7) is 0. The Bertz CT molecular complexity index is 1090. The number of hydrogen-bond acceptors (Lipinski definition) is 6. The summed E-state index contributed by atoms with van der Waals surface area (Å²) in [5, 5.41) is 28.6. The highest BCUT2D eigenvalue weighted by Gasteiger charge is 2.17. The molecule has 0 aliphatic rings. The molecule has 1 aromatic heterocycles. The Hall–Kier alpha value is -4.05. The lowest BCUT2D eigenvalue weighted by atomic mass is 9.97. The van der Waals surface area contributed by atoms with E-state index in [2.05, 4.69) is 4.98 Å². The van der Waals surface area contributed by atoms with Crippen LogP contribution in [0.2, 0.25) is 0 Å². The first-order valence-corrected chi connectivity index (χ1v) is 7.86. The number of carbonyl (C=O) groups is 1. The van der Waals surface area contributed by atoms with Gasteiger partial charge in [0.1, 0.15) is 28.9 Å². The molecule has 0 spiro atoms. The summed E-state index contributed by atoms with van der Waals surface area (Å²) in [7, 11) is 1.48. The standard InChI is InChI=1S/C20H15N3O4/c1-27-18-6-5-13(24)8-15(18)14-9-17(23-19(22)16(14)10-21)11-3-2-4-12(7-11)20(25)26/h2-9,24H,1H3,(H2,22,23)(H,25,26). The van der Waals surface area contributed by atoms with Gasteiger partial charge in [-0.05, 0) is 36.4 Å². The van der Waals surface area contributed by atoms with Crippen molar-refractivity contribution in [1.82, 2.24) is 4.98 Å². The highest BCUT2D eigenvalue weighted by Crippen LogP contribution is 2.38. The molecule has 0 atom stereocenters. The molecule has 3 rings (SSSR count). The number of nitrogen functional groups attached to an aromatic ring is 1. The smallest absolute Gasteiger partial charge is 0.335 e. The number of aromatic hydroxyl groups is 1. The van der Waals surface area contributed by atoms with Gasteiger partial charge in [0.05, 0.1) is 18.4 Å². The molecule has 0 saturated heterocycles. The van der Waals surface area contributed by atoms with E-state index < -0.39 is 5.97 Å². The SMILES string of the molecule is COc1ccc(O)cc1-c1cc(-c2cccc(C(=O)O)c2)nc(N)c1C#N. The summed E-state index contributed by atoms with van der Waals surface area (Å²) in [6.07, 6.45) is 0. The monoisotopic (exact) mass is 361 g/mol. The van der Waals surface area contributed by atoms with E-state index in [0.717, 1.165) is 0 Å². The molecule has 1 heterocycles. The average molecular weight is 361 g/mol. The van der Waals surface area contributed by atoms with Gasteiger partial charge in [-0.25, -0.2) is 9.78 Å². The third-order valence-corrected chi connectivity index (χ3v) is 4.04. The second-order valence-electron chi connectivity index (χ2n) is 5.70. The average Bonchev–Trinajstić information content (AvgIpc) is 2.67. The molecule has 7 heteroatoms. The normalized spacial score (nSPS) is 10.2. The van der Waals surface area contributed by atoms with Crippen LogP contribution in [0.3, 0.4) is 0 Å². The fourth-order valence-corrected chi connectivity index (χ4v) is 2.76. The summed E-state index contributed by atoms with van der Waals surface area (Å²) >= 11 is 0. The van der Waals surface area contributed by atoms with Crippen molar-refractivity contribution in [2.75, 3.05) is 12.8 Å². The van der Waals surface area contributed by atoms with Crippen LogP contribution in [0.25, 0.3) is 22.4 Å². The van der Waals surface area contributed by atoms with Gasteiger partial charge in [-0.3, -0.25) is 0 Å². The van der Waals surface area contributed by atoms with E-state index in [1.54, 1.807) is 24.3 Å². The summed E-state index contributed by atoms with van der Waals surface area (Å²) < 4.78 is 5.33. The van der Waals surface area contributed by atoms with Crippen molar-refractivity contribution in [2.24, 2.45) is 0 Å². The minimum absolute atomic E-state index is 0.000465. The van der Waals surface area contributed by atoms with Crippen molar-refractivity contribution in [2.45, 2.75) is 0 Å². The number of aromatic carboxylic acids is 1. The van der Waals surface area contributed by atoms with Crippen LogP contribution < -0.4 is 10.5 Å². The van der Waals surface area contributed by atoms with Crippen molar-refractivity contribution in [3.05, 3.63) is 59.7 Å². The van der Waals surface area contributed by atoms with Gasteiger partial charge in [-0.1, -0.05) is 12.1 Å². The van der Waals surface area contributed by atoms with Crippen LogP contribution in [-0.2, 0) is 0 Å². The van der Waals surface area contributed by atoms with E-state index in [0.29, 0.717) is 28.1 Å². The number of hydrogen-bond donors (Lipinski definition) is 3. The van der Waals surface area contributed by atoms with Crippen molar-refractivity contribution in [3.8, 4) is 40.0 Å². The van der Waals surface area contributed by atoms with Crippen LogP contribution in [0.5, 0.6) is 11.5 Å². The minimum Gasteiger partial charge on any atom is -0.508 e. The molecule has 4 N–H and O–H groups in total. The Morgan fingerprint density at radius 3 is 2.63 bits per heavy atom. The van der Waals surface area contributed by atoms with Gasteiger partial charge in [-0.15, -0.1) is 0 Å². The number of aromatic nitrogens is 1. The van der Waals surface area contributed by atoms with Crippen molar-refractivity contribution in [1.29, 1.82) is 5.26 Å². The van der Waals surface area contributed by atoms with Crippen LogP contribution >= 0.6 is 0 Å². The van der Waals surface area contributed by atoms with Gasteiger partial charge in [0, 0.05) is 16.7 Å². The zero-order chi connectivity index (χ0) is 19.6. The summed E-state index contributed by atoms with van der Waals surface area (Å²) in [5.74, 6) is -0.621. The zero-order valence-corrected chi connectivity index (χ0v) is 14.3. The van der Waals surface area contributed by atoms with Crippen molar-refractivity contribution < 1.29 is 19.7 Å². The number of pyridine rings is 1. The minimum atomic E-state index is -1.06. The molecule has 134 valence electrons. The molecule has 0 unspecified atom stereocenters. The molecule has 0 bridgehead atoms. The van der Waals surface area contributed by atoms with E-state index in [1.807, 2.05) is 6.07 Å². The first-order valence-electron chi connectivity index (χ1n) is 7.86. The highest BCUT2D eigenvalue weighted by atomic mass is 16.5. The number of carboxylic acids is 1. The van der Waals surface area contributed by atoms with Gasteiger partial charge in [0.25, 0.3) is 0 Å². The molecule has 7 nitrogen and oxygen atoms in total. The number of nitrogens with two attached hydrogens (primary N) is 1. The molecule has 0 radical (unpaired) electrons. The second-order valence-corrected chi connectivity index (χ2v) is 5.70. The third kappa shape index (κ3) is 3.37. The molecule has 0 fully saturated rings. The number of nitrogens with zero attached hydrogens (tertiary/aromatic N) is 2. The molecule has 0 aliphatic heterocycles. The number of benzene rings is 2. The zero-order valence-electron chi connectivity index (χ0n) is 14.3. The fourth-order valence-electron chi connectivity index (χ4n) is 2.76. The number of phenols is 1. The fraction of sp³-hybridized carbons (Fsp3) is 0.0500. The van der Waals surface area contributed by atoms with Gasteiger partial charge < -0.3 is 20.7 Å². The molecule has 2 aromatic carbocycles. The van der Waals surface area contributed by atoms with Gasteiger partial charge in [-0.2, -0.15) is 5.26 Å². The molecule has 27 heavy (non-hydrogen) atoms. The molecule has 0 aliphatic carbocycles. The van der Waals surface area contributed by atoms with Crippen molar-refractivity contribution in [3.63, 3.8) is 0 Å². The molecule has 0 amide bonds. The predicted octanol–water partition coefficient (Wildman–Crippen LogP) is 3.28. The topological polar surface area (TPSA) is 129 Å². The van der Waals surface area contributed by atoms with Crippen LogP contribution in [0.15, 0.2) is 48.5 Å². The second kappa shape index (κ2) is 7.06. The van der Waals surface area contributed by atoms with Crippen LogP contribution in [0.4, 0.5) is 5.82 Å². The van der Waals surface area contributed by atoms with Gasteiger partial charge in [0.15, 0.2) is 0 Å². The maximum Gasteiger partial charge on any atom is 0.335 e. The first kappa shape index (κ1) is 17.8. The molecule has 0 saturated carbocycles. The van der Waals surface area contributed by atoms with E-state index in [1.165, 1.54) is 31.4 Å². The number of anilines is 1. The summed E-state index contributed by atoms with van der Waals surface area (Å²) in [5.41, 5.74) is 8.05. The number of ether oxygens (including phenoxy) is 1. The molecule has 3 aromatic rings. The number of methoxy groups -OCH3 is 1. The number of rotatable bonds is 4. The first-order chi connectivity index (χ1) is 12.9. The number of phenolic OH excluding ortho intramolecular Hbond substituents is 1. The number of carboxylic acid groups (broad SMARTS) is 1. The Balaban J connectivity index is 2.28. The summed E-state index contributed by atoms with van der Waals surface area (Å²) in [4.78, 5) is 15.5. The summed E-state index contributed by atoms with van der Waals surface area (Å²) in [6, 6.07) is 14.4. The maximum atomic E-state index is 11.2. The Morgan fingerprint density at radius 2 is 1.96 bits per heavy atom. The number of nitriles is 1. The lowest BCUT2D eigenvalue weighted by molar-refractivity contribution is 0.0697. The largest absolute Gasteiger partial charge is 0.508 e. The van der Waals surface area contributed by atoms with Crippen LogP contribution in [0.1, 0.15) is 15.9 Å². The third-order valence-electron chi connectivity index (χ3n) is 4.04. The maximum absolute atomic E-state index is 11.2. The van der Waals surface area contributed by atoms with Gasteiger partial charge >= 0.3 is 5.97 Å². The lowest BCUT2D eigenvalue weighted by Crippen LogP contribution is -2.01. The Morgan fingerprint density at radius 1 is 1.19 bits per heavy atom. The quantitative estimate of drug-likeness (QED) is 0.650. The van der Waals surface area contributed by atoms with Crippen molar-refractivity contribution >= 4 is 11.8 Å². The van der Waals surface area contributed by atoms with E-state index in [-0.39, 0.29) is 22.7 Å². The Labute approximate surface area is 154 Å². The van der Waals surface area contributed by atoms with E-state index >= 15 is 0 Å². The lowest BCUT2D eigenvalue weighted by Gasteiger charge is -2.13. The highest BCUT2D eigenvalue weighted by molar-refractivity contribution is 5.90. The van der Waals surface area contributed by atoms with Crippen LogP contribution in [-0.4, -0.2) is 28.3 Å². The predicted molar refractivity (Wildman–Crippen MR) is 99.4 cm³/mol. The van der Waals surface area contributed by atoms with Gasteiger partial charge in [0.2, 0.25) is 0 Å². The Kier molecular flexibility index (Phi) is 4.64. The molecular weight excluding hydrogens is 346 g/mol. The van der Waals surface area contributed by atoms with Crippen LogP contribution in [0, 0.1) is 11.3 Å². The molecular formula is C20H15N3O4. The van der Waals surface area contributed by atoms with E-state index in [4.69, 9.17) is 10.5 Å².